The van der Waals surface area contributed by atoms with Crippen molar-refractivity contribution in [2.75, 3.05) is 5.32 Å². The first-order valence-corrected chi connectivity index (χ1v) is 7.70. The number of aryl methyl sites for hydroxylation is 3. The average molecular weight is 286 g/mol. The molecule has 3 heteroatoms. The smallest absolute Gasteiger partial charge is 0.244 e. The molecule has 1 N–H and O–H groups in total. The molecule has 1 aromatic carbocycles. The van der Waals surface area contributed by atoms with Gasteiger partial charge in [-0.05, 0) is 44.7 Å². The van der Waals surface area contributed by atoms with Gasteiger partial charge < -0.3 is 5.32 Å². The number of rotatable bonds is 6. The highest BCUT2D eigenvalue weighted by Crippen LogP contribution is 2.32. The Bertz CT molecular complexity index is 526. The van der Waals surface area contributed by atoms with Crippen molar-refractivity contribution in [3.8, 4) is 6.07 Å². The van der Waals surface area contributed by atoms with E-state index in [2.05, 4.69) is 23.5 Å². The van der Waals surface area contributed by atoms with Crippen LogP contribution in [0, 0.1) is 37.5 Å². The Labute approximate surface area is 128 Å². The van der Waals surface area contributed by atoms with Crippen molar-refractivity contribution in [1.82, 2.24) is 0 Å². The van der Waals surface area contributed by atoms with Gasteiger partial charge in [-0.15, -0.1) is 0 Å². The van der Waals surface area contributed by atoms with Gasteiger partial charge in [0.05, 0.1) is 6.07 Å². The predicted molar refractivity (Wildman–Crippen MR) is 87.1 cm³/mol. The fraction of sp³-hybridized carbons (Fsp3) is 0.556. The van der Waals surface area contributed by atoms with Crippen molar-refractivity contribution < 1.29 is 4.79 Å². The number of nitrogens with one attached hydrogen (secondary N) is 1. The van der Waals surface area contributed by atoms with E-state index in [4.69, 9.17) is 0 Å². The van der Waals surface area contributed by atoms with Gasteiger partial charge in [0, 0.05) is 5.69 Å². The molecule has 1 aromatic rings. The van der Waals surface area contributed by atoms with Crippen molar-refractivity contribution in [1.29, 1.82) is 5.26 Å². The Morgan fingerprint density at radius 3 is 2.00 bits per heavy atom. The largest absolute Gasteiger partial charge is 0.324 e. The third kappa shape index (κ3) is 3.85. The molecular formula is C18H26N2O. The van der Waals surface area contributed by atoms with E-state index in [0.717, 1.165) is 29.7 Å². The van der Waals surface area contributed by atoms with E-state index in [9.17, 15) is 10.1 Å². The number of nitriles is 1. The van der Waals surface area contributed by atoms with Crippen LogP contribution in [0.3, 0.4) is 0 Å². The fourth-order valence-corrected chi connectivity index (χ4v) is 2.98. The van der Waals surface area contributed by atoms with E-state index in [1.165, 1.54) is 5.56 Å². The number of hydrogen-bond acceptors (Lipinski definition) is 2. The SMILES string of the molecule is CCCC(C#N)(CCC)C(=O)Nc1c(C)cc(C)cc1C. The van der Waals surface area contributed by atoms with Crippen LogP contribution in [0.15, 0.2) is 12.1 Å². The van der Waals surface area contributed by atoms with E-state index in [0.29, 0.717) is 12.8 Å². The van der Waals surface area contributed by atoms with E-state index < -0.39 is 5.41 Å². The van der Waals surface area contributed by atoms with Gasteiger partial charge >= 0.3 is 0 Å². The van der Waals surface area contributed by atoms with Crippen LogP contribution in [0.5, 0.6) is 0 Å². The molecule has 0 saturated carbocycles. The summed E-state index contributed by atoms with van der Waals surface area (Å²) in [7, 11) is 0. The van der Waals surface area contributed by atoms with Crippen LogP contribution in [0.2, 0.25) is 0 Å². The van der Waals surface area contributed by atoms with Gasteiger partial charge in [0.15, 0.2) is 0 Å². The summed E-state index contributed by atoms with van der Waals surface area (Å²) in [5.41, 5.74) is 3.20. The third-order valence-electron chi connectivity index (χ3n) is 3.92. The second-order valence-corrected chi connectivity index (χ2v) is 5.92. The molecule has 0 aliphatic rings. The molecule has 0 radical (unpaired) electrons. The van der Waals surface area contributed by atoms with Crippen LogP contribution in [0.25, 0.3) is 0 Å². The zero-order valence-corrected chi connectivity index (χ0v) is 13.8. The Morgan fingerprint density at radius 1 is 1.14 bits per heavy atom. The first-order valence-electron chi connectivity index (χ1n) is 7.70. The topological polar surface area (TPSA) is 52.9 Å². The lowest BCUT2D eigenvalue weighted by Crippen LogP contribution is -2.35. The quantitative estimate of drug-likeness (QED) is 0.826. The summed E-state index contributed by atoms with van der Waals surface area (Å²) >= 11 is 0. The second-order valence-electron chi connectivity index (χ2n) is 5.92. The zero-order chi connectivity index (χ0) is 16.0. The highest BCUT2D eigenvalue weighted by Gasteiger charge is 2.37. The molecule has 0 bridgehead atoms. The van der Waals surface area contributed by atoms with E-state index in [1.807, 2.05) is 34.6 Å². The average Bonchev–Trinajstić information content (AvgIpc) is 2.42. The normalized spacial score (nSPS) is 11.0. The maximum Gasteiger partial charge on any atom is 0.244 e. The molecule has 0 atom stereocenters. The maximum atomic E-state index is 12.7. The summed E-state index contributed by atoms with van der Waals surface area (Å²) in [6, 6.07) is 6.38. The first-order chi connectivity index (χ1) is 9.90. The van der Waals surface area contributed by atoms with Crippen LogP contribution in [0.4, 0.5) is 5.69 Å². The molecule has 3 nitrogen and oxygen atoms in total. The Kier molecular flexibility index (Phi) is 5.96. The maximum absolute atomic E-state index is 12.7. The van der Waals surface area contributed by atoms with Gasteiger partial charge in [-0.2, -0.15) is 5.26 Å². The number of anilines is 1. The van der Waals surface area contributed by atoms with Gasteiger partial charge in [0.25, 0.3) is 0 Å². The zero-order valence-electron chi connectivity index (χ0n) is 13.8. The summed E-state index contributed by atoms with van der Waals surface area (Å²) in [5.74, 6) is -0.163. The van der Waals surface area contributed by atoms with Gasteiger partial charge in [0.2, 0.25) is 5.91 Å². The Balaban J connectivity index is 3.11. The molecule has 0 aliphatic carbocycles. The minimum atomic E-state index is -0.909. The molecule has 0 unspecified atom stereocenters. The van der Waals surface area contributed by atoms with Crippen molar-refractivity contribution >= 4 is 11.6 Å². The number of amides is 1. The van der Waals surface area contributed by atoms with Gasteiger partial charge in [-0.1, -0.05) is 44.4 Å². The molecule has 114 valence electrons. The van der Waals surface area contributed by atoms with E-state index in [1.54, 1.807) is 0 Å². The lowest BCUT2D eigenvalue weighted by atomic mass is 9.79. The summed E-state index contributed by atoms with van der Waals surface area (Å²) < 4.78 is 0. The van der Waals surface area contributed by atoms with Crippen LogP contribution in [0.1, 0.15) is 56.2 Å². The highest BCUT2D eigenvalue weighted by atomic mass is 16.2. The fourth-order valence-electron chi connectivity index (χ4n) is 2.98. The number of hydrogen-bond donors (Lipinski definition) is 1. The van der Waals surface area contributed by atoms with Crippen molar-refractivity contribution in [2.45, 2.75) is 60.3 Å². The number of carbonyl (C=O) groups excluding carboxylic acids is 1. The molecule has 21 heavy (non-hydrogen) atoms. The summed E-state index contributed by atoms with van der Waals surface area (Å²) in [6.07, 6.45) is 2.86. The van der Waals surface area contributed by atoms with Crippen molar-refractivity contribution in [2.24, 2.45) is 5.41 Å². The van der Waals surface area contributed by atoms with Crippen molar-refractivity contribution in [3.05, 3.63) is 28.8 Å². The molecule has 1 rings (SSSR count). The third-order valence-corrected chi connectivity index (χ3v) is 3.92. The lowest BCUT2D eigenvalue weighted by molar-refractivity contribution is -0.123. The molecule has 1 amide bonds. The number of nitrogens with zero attached hydrogens (tertiary/aromatic N) is 1. The molecule has 0 aliphatic heterocycles. The summed E-state index contributed by atoms with van der Waals surface area (Å²) in [4.78, 5) is 12.7. The van der Waals surface area contributed by atoms with Gasteiger partial charge in [-0.3, -0.25) is 4.79 Å². The van der Waals surface area contributed by atoms with Crippen LogP contribution in [-0.4, -0.2) is 5.91 Å². The number of benzene rings is 1. The first kappa shape index (κ1) is 17.2. The predicted octanol–water partition coefficient (Wildman–Crippen LogP) is 4.66. The minimum Gasteiger partial charge on any atom is -0.324 e. The molecule has 0 heterocycles. The van der Waals surface area contributed by atoms with Gasteiger partial charge in [0.1, 0.15) is 5.41 Å². The molecule has 0 spiro atoms. The molecule has 0 fully saturated rings. The monoisotopic (exact) mass is 286 g/mol. The Morgan fingerprint density at radius 2 is 1.62 bits per heavy atom. The van der Waals surface area contributed by atoms with E-state index in [-0.39, 0.29) is 5.91 Å². The summed E-state index contributed by atoms with van der Waals surface area (Å²) in [5, 5.41) is 12.6. The standard InChI is InChI=1S/C18H26N2O/c1-6-8-18(12-19,9-7-2)17(21)20-16-14(4)10-13(3)11-15(16)5/h10-11H,6-9H2,1-5H3,(H,20,21). The molecule has 0 aromatic heterocycles. The lowest BCUT2D eigenvalue weighted by Gasteiger charge is -2.25. The highest BCUT2D eigenvalue weighted by molar-refractivity contribution is 5.98. The van der Waals surface area contributed by atoms with Crippen molar-refractivity contribution in [3.63, 3.8) is 0 Å². The minimum absolute atomic E-state index is 0.163. The summed E-state index contributed by atoms with van der Waals surface area (Å²) in [6.45, 7) is 10.0. The van der Waals surface area contributed by atoms with Crippen LogP contribution in [-0.2, 0) is 4.79 Å². The number of carbonyl (C=O) groups is 1. The molecular weight excluding hydrogens is 260 g/mol. The van der Waals surface area contributed by atoms with Gasteiger partial charge in [-0.25, -0.2) is 0 Å². The molecule has 0 saturated heterocycles. The Hall–Kier alpha value is -1.82. The van der Waals surface area contributed by atoms with E-state index >= 15 is 0 Å². The second kappa shape index (κ2) is 7.26. The van der Waals surface area contributed by atoms with Crippen LogP contribution >= 0.6 is 0 Å². The van der Waals surface area contributed by atoms with Crippen LogP contribution < -0.4 is 5.32 Å².